The maximum Gasteiger partial charge on any atom is 0.303 e. The first-order valence-corrected chi connectivity index (χ1v) is 11.8. The molecule has 7 heteroatoms. The molecule has 0 saturated carbocycles. The quantitative estimate of drug-likeness (QED) is 0.694. The van der Waals surface area contributed by atoms with Gasteiger partial charge < -0.3 is 14.9 Å². The zero-order chi connectivity index (χ0) is 23.2. The molecule has 176 valence electrons. The number of likely N-dealkylation sites (tertiary alicyclic amines) is 1. The third kappa shape index (κ3) is 6.11. The molecule has 2 fully saturated rings. The van der Waals surface area contributed by atoms with E-state index in [2.05, 4.69) is 34.1 Å². The maximum atomic E-state index is 13.2. The van der Waals surface area contributed by atoms with Crippen molar-refractivity contribution in [3.05, 3.63) is 66.0 Å². The Balaban J connectivity index is 1.33. The van der Waals surface area contributed by atoms with Gasteiger partial charge >= 0.3 is 5.97 Å². The number of piperazine rings is 1. The van der Waals surface area contributed by atoms with Gasteiger partial charge in [0.05, 0.1) is 0 Å². The van der Waals surface area contributed by atoms with Crippen molar-refractivity contribution in [2.75, 3.05) is 50.7 Å². The maximum absolute atomic E-state index is 13.2. The van der Waals surface area contributed by atoms with Gasteiger partial charge in [-0.1, -0.05) is 18.2 Å². The van der Waals surface area contributed by atoms with E-state index in [0.29, 0.717) is 25.1 Å². The molecule has 2 aliphatic heterocycles. The van der Waals surface area contributed by atoms with Crippen LogP contribution in [0.15, 0.2) is 54.6 Å². The van der Waals surface area contributed by atoms with Gasteiger partial charge in [0.25, 0.3) is 5.91 Å². The number of rotatable bonds is 7. The van der Waals surface area contributed by atoms with E-state index in [0.717, 1.165) is 39.1 Å². The van der Waals surface area contributed by atoms with Crippen LogP contribution in [0.3, 0.4) is 0 Å². The van der Waals surface area contributed by atoms with Crippen LogP contribution in [0.5, 0.6) is 0 Å². The Hall–Kier alpha value is -2.93. The molecular weight excluding hydrogens is 421 g/mol. The van der Waals surface area contributed by atoms with Gasteiger partial charge in [0, 0.05) is 56.9 Å². The van der Waals surface area contributed by atoms with E-state index in [1.165, 1.54) is 30.0 Å². The van der Waals surface area contributed by atoms with Crippen molar-refractivity contribution in [1.82, 2.24) is 9.80 Å². The smallest absolute Gasteiger partial charge is 0.303 e. The monoisotopic (exact) mass is 453 g/mol. The minimum Gasteiger partial charge on any atom is -0.481 e. The van der Waals surface area contributed by atoms with Gasteiger partial charge in [0.15, 0.2) is 0 Å². The van der Waals surface area contributed by atoms with Crippen molar-refractivity contribution in [3.63, 3.8) is 0 Å². The second-order valence-corrected chi connectivity index (χ2v) is 9.12. The lowest BCUT2D eigenvalue weighted by Gasteiger charge is -2.40. The van der Waals surface area contributed by atoms with Gasteiger partial charge in [-0.25, -0.2) is 4.39 Å². The molecule has 0 aliphatic carbocycles. The van der Waals surface area contributed by atoms with Crippen LogP contribution in [0, 0.1) is 17.7 Å². The molecule has 1 N–H and O–H groups in total. The zero-order valence-electron chi connectivity index (χ0n) is 18.9. The first-order chi connectivity index (χ1) is 16.0. The van der Waals surface area contributed by atoms with Crippen LogP contribution in [-0.2, 0) is 4.79 Å². The predicted molar refractivity (Wildman–Crippen MR) is 126 cm³/mol. The third-order valence-corrected chi connectivity index (χ3v) is 7.02. The Bertz CT molecular complexity index is 930. The van der Waals surface area contributed by atoms with E-state index in [-0.39, 0.29) is 30.0 Å². The van der Waals surface area contributed by atoms with Crippen LogP contribution in [0.1, 0.15) is 29.6 Å². The number of anilines is 1. The summed E-state index contributed by atoms with van der Waals surface area (Å²) >= 11 is 0. The lowest BCUT2D eigenvalue weighted by Crippen LogP contribution is -2.48. The Labute approximate surface area is 194 Å². The number of benzene rings is 2. The Morgan fingerprint density at radius 3 is 2.27 bits per heavy atom. The molecular formula is C26H32FN3O3. The minimum absolute atomic E-state index is 0.0744. The molecule has 0 spiro atoms. The third-order valence-electron chi connectivity index (χ3n) is 7.02. The highest BCUT2D eigenvalue weighted by atomic mass is 19.1. The number of carbonyl (C=O) groups is 2. The summed E-state index contributed by atoms with van der Waals surface area (Å²) in [7, 11) is 0. The van der Waals surface area contributed by atoms with Crippen LogP contribution in [0.4, 0.5) is 10.1 Å². The summed E-state index contributed by atoms with van der Waals surface area (Å²) < 4.78 is 13.2. The SMILES string of the molecule is O=C(O)C[C@@H]1CCN(C(=O)c2ccc(F)cc2)C[C@H]1CCN1CCN(c2ccccc2)CC1. The molecule has 33 heavy (non-hydrogen) atoms. The van der Waals surface area contributed by atoms with Gasteiger partial charge in [-0.2, -0.15) is 0 Å². The number of hydrogen-bond donors (Lipinski definition) is 1. The standard InChI is InChI=1S/C26H32FN3O3/c27-23-8-6-20(7-9-23)26(33)30-13-11-21(18-25(31)32)22(19-30)10-12-28-14-16-29(17-15-28)24-4-2-1-3-5-24/h1-9,21-22H,10-19H2,(H,31,32)/t21-,22+/m0/s1. The largest absolute Gasteiger partial charge is 0.481 e. The predicted octanol–water partition coefficient (Wildman–Crippen LogP) is 3.59. The second-order valence-electron chi connectivity index (χ2n) is 9.12. The van der Waals surface area contributed by atoms with Crippen molar-refractivity contribution in [1.29, 1.82) is 0 Å². The van der Waals surface area contributed by atoms with E-state index in [1.807, 2.05) is 11.0 Å². The molecule has 2 heterocycles. The molecule has 2 aromatic carbocycles. The average Bonchev–Trinajstić information content (AvgIpc) is 2.84. The first kappa shape index (κ1) is 23.2. The van der Waals surface area contributed by atoms with Crippen LogP contribution < -0.4 is 4.90 Å². The number of carbonyl (C=O) groups excluding carboxylic acids is 1. The Morgan fingerprint density at radius 1 is 0.909 bits per heavy atom. The Morgan fingerprint density at radius 2 is 1.61 bits per heavy atom. The summed E-state index contributed by atoms with van der Waals surface area (Å²) in [4.78, 5) is 31.0. The van der Waals surface area contributed by atoms with E-state index in [4.69, 9.17) is 0 Å². The van der Waals surface area contributed by atoms with Crippen molar-refractivity contribution < 1.29 is 19.1 Å². The van der Waals surface area contributed by atoms with Crippen molar-refractivity contribution in [2.24, 2.45) is 11.8 Å². The molecule has 0 aromatic heterocycles. The summed E-state index contributed by atoms with van der Waals surface area (Å²) in [6.07, 6.45) is 1.70. The van der Waals surface area contributed by atoms with E-state index in [1.54, 1.807) is 0 Å². The molecule has 2 atom stereocenters. The van der Waals surface area contributed by atoms with E-state index in [9.17, 15) is 19.1 Å². The number of amides is 1. The average molecular weight is 454 g/mol. The number of para-hydroxylation sites is 1. The lowest BCUT2D eigenvalue weighted by atomic mass is 9.81. The Kier molecular flexibility index (Phi) is 7.60. The molecule has 2 aliphatic rings. The zero-order valence-corrected chi connectivity index (χ0v) is 18.9. The van der Waals surface area contributed by atoms with Crippen LogP contribution in [-0.4, -0.2) is 72.6 Å². The number of carboxylic acid groups (broad SMARTS) is 1. The molecule has 2 saturated heterocycles. The van der Waals surface area contributed by atoms with Gasteiger partial charge in [0.1, 0.15) is 5.82 Å². The van der Waals surface area contributed by atoms with E-state index >= 15 is 0 Å². The number of nitrogens with zero attached hydrogens (tertiary/aromatic N) is 3. The fraction of sp³-hybridized carbons (Fsp3) is 0.462. The molecule has 0 unspecified atom stereocenters. The summed E-state index contributed by atoms with van der Waals surface area (Å²) in [5.41, 5.74) is 1.73. The van der Waals surface area contributed by atoms with Crippen LogP contribution in [0.25, 0.3) is 0 Å². The molecule has 2 aromatic rings. The summed E-state index contributed by atoms with van der Waals surface area (Å²) in [5, 5.41) is 9.38. The number of piperidine rings is 1. The minimum atomic E-state index is -0.778. The second kappa shape index (κ2) is 10.8. The topological polar surface area (TPSA) is 64.1 Å². The highest BCUT2D eigenvalue weighted by molar-refractivity contribution is 5.94. The van der Waals surface area contributed by atoms with Gasteiger partial charge in [-0.05, 0) is 67.6 Å². The van der Waals surface area contributed by atoms with Gasteiger partial charge in [-0.15, -0.1) is 0 Å². The van der Waals surface area contributed by atoms with Gasteiger partial charge in [-0.3, -0.25) is 14.5 Å². The van der Waals surface area contributed by atoms with Gasteiger partial charge in [0.2, 0.25) is 0 Å². The fourth-order valence-electron chi connectivity index (χ4n) is 5.08. The molecule has 6 nitrogen and oxygen atoms in total. The molecule has 0 radical (unpaired) electrons. The number of aliphatic carboxylic acids is 1. The molecule has 4 rings (SSSR count). The number of halogens is 1. The fourth-order valence-corrected chi connectivity index (χ4v) is 5.08. The van der Waals surface area contributed by atoms with Crippen molar-refractivity contribution >= 4 is 17.6 Å². The highest BCUT2D eigenvalue weighted by Gasteiger charge is 2.33. The molecule has 1 amide bonds. The van der Waals surface area contributed by atoms with E-state index < -0.39 is 5.97 Å². The van der Waals surface area contributed by atoms with Crippen LogP contribution in [0.2, 0.25) is 0 Å². The van der Waals surface area contributed by atoms with Crippen molar-refractivity contribution in [3.8, 4) is 0 Å². The number of carboxylic acids is 1. The van der Waals surface area contributed by atoms with Crippen LogP contribution >= 0.6 is 0 Å². The molecule has 0 bridgehead atoms. The summed E-state index contributed by atoms with van der Waals surface area (Å²) in [6, 6.07) is 16.1. The summed E-state index contributed by atoms with van der Waals surface area (Å²) in [5.74, 6) is -1.03. The van der Waals surface area contributed by atoms with Crippen molar-refractivity contribution in [2.45, 2.75) is 19.3 Å². The first-order valence-electron chi connectivity index (χ1n) is 11.8. The lowest BCUT2D eigenvalue weighted by molar-refractivity contribution is -0.139. The normalized spacial score (nSPS) is 21.7. The summed E-state index contributed by atoms with van der Waals surface area (Å²) in [6.45, 7) is 5.90. The number of hydrogen-bond acceptors (Lipinski definition) is 4. The highest BCUT2D eigenvalue weighted by Crippen LogP contribution is 2.30.